The fraction of sp³-hybridized carbons (Fsp3) is 0.800. The predicted octanol–water partition coefficient (Wildman–Crippen LogP) is 0.508. The summed E-state index contributed by atoms with van der Waals surface area (Å²) in [7, 11) is 0. The second-order valence-corrected chi connectivity index (χ2v) is 4.31. The van der Waals surface area contributed by atoms with Gasteiger partial charge in [0.2, 0.25) is 0 Å². The molecule has 8 heteroatoms. The van der Waals surface area contributed by atoms with E-state index in [1.807, 2.05) is 0 Å². The van der Waals surface area contributed by atoms with Crippen LogP contribution in [0.25, 0.3) is 0 Å². The lowest BCUT2D eigenvalue weighted by atomic mass is 9.92. The third kappa shape index (κ3) is 4.52. The average Bonchev–Trinajstić information content (AvgIpc) is 2.28. The summed E-state index contributed by atoms with van der Waals surface area (Å²) in [4.78, 5) is 21.5. The van der Waals surface area contributed by atoms with Gasteiger partial charge in [-0.2, -0.15) is 13.2 Å². The Kier molecular flexibility index (Phi) is 4.94. The lowest BCUT2D eigenvalue weighted by Crippen LogP contribution is -2.48. The van der Waals surface area contributed by atoms with Crippen LogP contribution in [0, 0.1) is 5.92 Å². The van der Waals surface area contributed by atoms with E-state index in [9.17, 15) is 22.8 Å². The number of rotatable bonds is 4. The number of carbonyl (C=O) groups is 2. The van der Waals surface area contributed by atoms with Crippen LogP contribution >= 0.6 is 0 Å². The molecule has 1 aliphatic heterocycles. The Labute approximate surface area is 102 Å². The molecule has 0 bridgehead atoms. The highest BCUT2D eigenvalue weighted by atomic mass is 19.4. The number of hydrogen-bond acceptors (Lipinski definition) is 3. The van der Waals surface area contributed by atoms with E-state index in [4.69, 9.17) is 5.11 Å². The lowest BCUT2D eigenvalue weighted by Gasteiger charge is -2.26. The smallest absolute Gasteiger partial charge is 0.471 e. The van der Waals surface area contributed by atoms with Crippen molar-refractivity contribution in [2.24, 2.45) is 5.92 Å². The standard InChI is InChI=1S/C10H15F3N2O3/c11-10(12,13)9(18)15-7(8(16)17)4-6-2-1-3-14-5-6/h6-7,14H,1-5H2,(H,15,18)(H,16,17). The molecule has 0 spiro atoms. The van der Waals surface area contributed by atoms with Gasteiger partial charge in [-0.25, -0.2) is 4.79 Å². The molecular weight excluding hydrogens is 253 g/mol. The van der Waals surface area contributed by atoms with E-state index in [2.05, 4.69) is 5.32 Å². The zero-order valence-electron chi connectivity index (χ0n) is 9.59. The van der Waals surface area contributed by atoms with Crippen LogP contribution in [0.15, 0.2) is 0 Å². The number of piperidine rings is 1. The number of alkyl halides is 3. The molecule has 2 unspecified atom stereocenters. The van der Waals surface area contributed by atoms with Gasteiger partial charge in [-0.15, -0.1) is 0 Å². The average molecular weight is 268 g/mol. The number of carboxylic acid groups (broad SMARTS) is 1. The van der Waals surface area contributed by atoms with Crippen LogP contribution in [0.3, 0.4) is 0 Å². The quantitative estimate of drug-likeness (QED) is 0.694. The number of halogens is 3. The van der Waals surface area contributed by atoms with Gasteiger partial charge in [-0.3, -0.25) is 4.79 Å². The first kappa shape index (κ1) is 14.7. The number of nitrogens with one attached hydrogen (secondary N) is 2. The van der Waals surface area contributed by atoms with Gasteiger partial charge in [0.15, 0.2) is 0 Å². The zero-order chi connectivity index (χ0) is 13.8. The van der Waals surface area contributed by atoms with E-state index in [-0.39, 0.29) is 12.3 Å². The number of carbonyl (C=O) groups excluding carboxylic acids is 1. The molecule has 1 amide bonds. The van der Waals surface area contributed by atoms with E-state index >= 15 is 0 Å². The second kappa shape index (κ2) is 6.03. The van der Waals surface area contributed by atoms with Crippen LogP contribution in [0.4, 0.5) is 13.2 Å². The maximum atomic E-state index is 12.0. The molecule has 1 fully saturated rings. The van der Waals surface area contributed by atoms with Crippen molar-refractivity contribution in [3.63, 3.8) is 0 Å². The summed E-state index contributed by atoms with van der Waals surface area (Å²) in [6.45, 7) is 1.38. The molecule has 0 aliphatic carbocycles. The summed E-state index contributed by atoms with van der Waals surface area (Å²) in [6, 6.07) is -1.50. The summed E-state index contributed by atoms with van der Waals surface area (Å²) in [5, 5.41) is 13.4. The summed E-state index contributed by atoms with van der Waals surface area (Å²) in [6.07, 6.45) is -3.45. The van der Waals surface area contributed by atoms with Crippen LogP contribution in [0.2, 0.25) is 0 Å². The number of aliphatic carboxylic acids is 1. The van der Waals surface area contributed by atoms with Crippen molar-refractivity contribution in [2.45, 2.75) is 31.5 Å². The largest absolute Gasteiger partial charge is 0.480 e. The molecule has 0 aromatic rings. The molecule has 0 aromatic heterocycles. The molecule has 3 N–H and O–H groups in total. The highest BCUT2D eigenvalue weighted by Crippen LogP contribution is 2.19. The Hall–Kier alpha value is -1.31. The molecule has 1 aliphatic rings. The predicted molar refractivity (Wildman–Crippen MR) is 55.8 cm³/mol. The normalized spacial score (nSPS) is 22.3. The molecule has 1 heterocycles. The Morgan fingerprint density at radius 1 is 1.44 bits per heavy atom. The molecule has 5 nitrogen and oxygen atoms in total. The summed E-state index contributed by atoms with van der Waals surface area (Å²) < 4.78 is 36.1. The topological polar surface area (TPSA) is 78.4 Å². The molecule has 0 aromatic carbocycles. The molecule has 0 radical (unpaired) electrons. The summed E-state index contributed by atoms with van der Waals surface area (Å²) in [5.41, 5.74) is 0. The second-order valence-electron chi connectivity index (χ2n) is 4.31. The summed E-state index contributed by atoms with van der Waals surface area (Å²) >= 11 is 0. The zero-order valence-corrected chi connectivity index (χ0v) is 9.59. The molecule has 1 rings (SSSR count). The Morgan fingerprint density at radius 2 is 2.11 bits per heavy atom. The van der Waals surface area contributed by atoms with E-state index in [0.717, 1.165) is 19.4 Å². The SMILES string of the molecule is O=C(O)C(CC1CCCNC1)NC(=O)C(F)(F)F. The van der Waals surface area contributed by atoms with Crippen molar-refractivity contribution in [1.29, 1.82) is 0 Å². The van der Waals surface area contributed by atoms with Gasteiger partial charge in [-0.05, 0) is 38.3 Å². The minimum atomic E-state index is -5.06. The van der Waals surface area contributed by atoms with Gasteiger partial charge in [-0.1, -0.05) is 0 Å². The van der Waals surface area contributed by atoms with Crippen molar-refractivity contribution in [3.05, 3.63) is 0 Å². The number of amides is 1. The maximum Gasteiger partial charge on any atom is 0.471 e. The Morgan fingerprint density at radius 3 is 2.56 bits per heavy atom. The van der Waals surface area contributed by atoms with Gasteiger partial charge in [0.25, 0.3) is 0 Å². The third-order valence-electron chi connectivity index (χ3n) is 2.83. The number of hydrogen-bond donors (Lipinski definition) is 3. The van der Waals surface area contributed by atoms with Gasteiger partial charge in [0, 0.05) is 0 Å². The Bertz CT molecular complexity index is 314. The van der Waals surface area contributed by atoms with Gasteiger partial charge >= 0.3 is 18.1 Å². The van der Waals surface area contributed by atoms with Crippen LogP contribution in [0.5, 0.6) is 0 Å². The van der Waals surface area contributed by atoms with Crippen molar-refractivity contribution < 1.29 is 27.9 Å². The van der Waals surface area contributed by atoms with E-state index in [1.54, 1.807) is 0 Å². The fourth-order valence-electron chi connectivity index (χ4n) is 1.92. The monoisotopic (exact) mass is 268 g/mol. The lowest BCUT2D eigenvalue weighted by molar-refractivity contribution is -0.175. The van der Waals surface area contributed by atoms with Crippen molar-refractivity contribution in [2.75, 3.05) is 13.1 Å². The van der Waals surface area contributed by atoms with Crippen LogP contribution in [0.1, 0.15) is 19.3 Å². The van der Waals surface area contributed by atoms with Gasteiger partial charge in [0.1, 0.15) is 6.04 Å². The van der Waals surface area contributed by atoms with Gasteiger partial charge < -0.3 is 15.7 Å². The fourth-order valence-corrected chi connectivity index (χ4v) is 1.92. The minimum Gasteiger partial charge on any atom is -0.480 e. The van der Waals surface area contributed by atoms with Crippen molar-refractivity contribution >= 4 is 11.9 Å². The van der Waals surface area contributed by atoms with Crippen LogP contribution in [-0.4, -0.2) is 42.3 Å². The van der Waals surface area contributed by atoms with Crippen molar-refractivity contribution in [1.82, 2.24) is 10.6 Å². The van der Waals surface area contributed by atoms with E-state index in [1.165, 1.54) is 5.32 Å². The maximum absolute atomic E-state index is 12.0. The van der Waals surface area contributed by atoms with E-state index < -0.39 is 24.1 Å². The minimum absolute atomic E-state index is 0.00412. The van der Waals surface area contributed by atoms with Crippen LogP contribution in [-0.2, 0) is 9.59 Å². The molecule has 18 heavy (non-hydrogen) atoms. The molecule has 1 saturated heterocycles. The molecule has 104 valence electrons. The first-order chi connectivity index (χ1) is 8.30. The highest BCUT2D eigenvalue weighted by Gasteiger charge is 2.41. The van der Waals surface area contributed by atoms with Crippen LogP contribution < -0.4 is 10.6 Å². The Balaban J connectivity index is 2.54. The van der Waals surface area contributed by atoms with E-state index in [0.29, 0.717) is 6.54 Å². The number of carboxylic acids is 1. The highest BCUT2D eigenvalue weighted by molar-refractivity contribution is 5.86. The molecule has 0 saturated carbocycles. The molecular formula is C10H15F3N2O3. The molecule has 2 atom stereocenters. The van der Waals surface area contributed by atoms with Gasteiger partial charge in [0.05, 0.1) is 0 Å². The first-order valence-corrected chi connectivity index (χ1v) is 5.62. The first-order valence-electron chi connectivity index (χ1n) is 5.62. The summed E-state index contributed by atoms with van der Waals surface area (Å²) in [5.74, 6) is -3.69. The third-order valence-corrected chi connectivity index (χ3v) is 2.83. The van der Waals surface area contributed by atoms with Crippen molar-refractivity contribution in [3.8, 4) is 0 Å².